The molecule has 0 bridgehead atoms. The van der Waals surface area contributed by atoms with Crippen LogP contribution >= 0.6 is 11.6 Å². The number of aromatic nitrogens is 8. The van der Waals surface area contributed by atoms with Crippen LogP contribution in [-0.4, -0.2) is 51.7 Å². The molecule has 0 saturated heterocycles. The topological polar surface area (TPSA) is 117 Å². The van der Waals surface area contributed by atoms with Crippen LogP contribution in [0.2, 0.25) is 5.28 Å². The van der Waals surface area contributed by atoms with Gasteiger partial charge in [0.2, 0.25) is 5.28 Å². The van der Waals surface area contributed by atoms with E-state index in [4.69, 9.17) is 31.2 Å². The molecular formula is C92H57BClN8O2. The minimum absolute atomic E-state index is 0.202. The molecule has 2 aliphatic carbocycles. The molecule has 1 radical (unpaired) electrons. The lowest BCUT2D eigenvalue weighted by molar-refractivity contribution is 0.453. The molecule has 14 aromatic carbocycles. The average Bonchev–Trinajstić information content (AvgIpc) is 1.49. The second-order valence-electron chi connectivity index (χ2n) is 26.4. The molecule has 2 aliphatic heterocycles. The van der Waals surface area contributed by atoms with Gasteiger partial charge in [0.25, 0.3) is 0 Å². The Labute approximate surface area is 604 Å². The Hall–Kier alpha value is -13.2. The Morgan fingerprint density at radius 1 is 0.279 bits per heavy atom. The van der Waals surface area contributed by atoms with Crippen molar-refractivity contribution in [2.45, 2.75) is 10.8 Å². The van der Waals surface area contributed by atoms with Crippen molar-refractivity contribution in [2.24, 2.45) is 0 Å². The molecule has 4 aliphatic rings. The van der Waals surface area contributed by atoms with Crippen molar-refractivity contribution in [3.05, 3.63) is 390 Å². The second kappa shape index (κ2) is 24.3. The van der Waals surface area contributed by atoms with Gasteiger partial charge in [0.1, 0.15) is 5.75 Å². The molecule has 1 N–H and O–H groups in total. The summed E-state index contributed by atoms with van der Waals surface area (Å²) in [5, 5.41) is 14.6. The number of para-hydroxylation sites is 6. The van der Waals surface area contributed by atoms with Gasteiger partial charge < -0.3 is 18.8 Å². The van der Waals surface area contributed by atoms with Crippen LogP contribution in [0.25, 0.3) is 134 Å². The van der Waals surface area contributed by atoms with Gasteiger partial charge in [-0.1, -0.05) is 297 Å². The summed E-state index contributed by atoms with van der Waals surface area (Å²) >= 11 is 5.99. The van der Waals surface area contributed by atoms with Gasteiger partial charge in [-0.05, 0) is 121 Å². The molecule has 2 unspecified atom stereocenters. The van der Waals surface area contributed by atoms with E-state index < -0.39 is 10.8 Å². The number of hydrogen-bond donors (Lipinski definition) is 1. The third-order valence-corrected chi connectivity index (χ3v) is 21.3. The van der Waals surface area contributed by atoms with E-state index >= 15 is 0 Å². The summed E-state index contributed by atoms with van der Waals surface area (Å²) in [5.41, 5.74) is 26.0. The van der Waals surface area contributed by atoms with Gasteiger partial charge in [-0.3, -0.25) is 0 Å². The molecule has 104 heavy (non-hydrogen) atoms. The Bertz CT molecular complexity index is 6370. The first kappa shape index (κ1) is 60.7. The number of benzene rings is 14. The van der Waals surface area contributed by atoms with Crippen LogP contribution in [0.5, 0.6) is 5.75 Å². The lowest BCUT2D eigenvalue weighted by atomic mass is 9.65. The van der Waals surface area contributed by atoms with E-state index in [0.717, 1.165) is 35.5 Å². The van der Waals surface area contributed by atoms with Gasteiger partial charge in [-0.15, -0.1) is 0 Å². The lowest BCUT2D eigenvalue weighted by Gasteiger charge is -2.39. The molecule has 0 fully saturated rings. The van der Waals surface area contributed by atoms with E-state index in [0.29, 0.717) is 34.9 Å². The van der Waals surface area contributed by atoms with E-state index in [2.05, 4.69) is 261 Å². The summed E-state index contributed by atoms with van der Waals surface area (Å²) in [7, 11) is 0.754. The molecule has 18 aromatic rings. The summed E-state index contributed by atoms with van der Waals surface area (Å²) < 4.78 is 10.4. The zero-order chi connectivity index (χ0) is 69.0. The predicted octanol–water partition coefficient (Wildman–Crippen LogP) is 20.9. The van der Waals surface area contributed by atoms with Crippen LogP contribution < -0.4 is 4.65 Å². The van der Waals surface area contributed by atoms with Crippen molar-refractivity contribution >= 4 is 62.9 Å². The molecular weight excluding hydrogens is 1300 g/mol. The van der Waals surface area contributed by atoms with Crippen LogP contribution in [0.4, 0.5) is 0 Å². The van der Waals surface area contributed by atoms with Gasteiger partial charge >= 0.3 is 7.69 Å². The molecule has 2 spiro atoms. The van der Waals surface area contributed by atoms with Crippen LogP contribution in [-0.2, 0) is 10.8 Å². The minimum atomic E-state index is -0.542. The molecule has 2 atom stereocenters. The first-order valence-corrected chi connectivity index (χ1v) is 35.1. The Morgan fingerprint density at radius 2 is 0.615 bits per heavy atom. The maximum Gasteiger partial charge on any atom is 0.569 e. The third kappa shape index (κ3) is 9.13. The van der Waals surface area contributed by atoms with E-state index in [1.165, 1.54) is 122 Å². The average molecular weight is 1350 g/mol. The monoisotopic (exact) mass is 1350 g/mol. The highest BCUT2D eigenvalue weighted by Gasteiger charge is 2.53. The van der Waals surface area contributed by atoms with E-state index in [-0.39, 0.29) is 5.28 Å². The third-order valence-electron chi connectivity index (χ3n) is 21.2. The quantitative estimate of drug-likeness (QED) is 0.157. The summed E-state index contributed by atoms with van der Waals surface area (Å²) in [6.45, 7) is 0. The van der Waals surface area contributed by atoms with Gasteiger partial charge in [-0.2, -0.15) is 9.97 Å². The van der Waals surface area contributed by atoms with Gasteiger partial charge in [0.15, 0.2) is 29.1 Å². The first-order chi connectivity index (χ1) is 51.5. The highest BCUT2D eigenvalue weighted by atomic mass is 35.5. The largest absolute Gasteiger partial charge is 0.569 e. The molecule has 12 heteroatoms. The van der Waals surface area contributed by atoms with Crippen LogP contribution in [0, 0.1) is 0 Å². The standard InChI is InChI=1S/C46H28N4.C31H19BNO2.C15H10ClN3/c1-3-14-29(15-4-1)43-47-44(30-16-5-2-6-17-30)49-45(48-43)31-26-27-33-32-18-7-9-21-36(32)46(39(33)28-31)37-22-10-12-25-41(37)50-40-24-11-8-19-34(40)35-20-13-23-38(46)42(35)50;34-32-35-19-16-17-21-20-8-1-3-11-24(20)31(27(21)18-19)25-12-4-6-15-29(25)33-28-14-5-2-9-22(28)23-10-7-13-26(31)30(23)33;16-15-18-13(11-7-3-1-4-8-11)17-14(19-15)12-9-5-2-6-10-12/h1-28H;1-18,34H;1-10H. The fraction of sp³-hybridized carbons (Fsp3) is 0.0217. The van der Waals surface area contributed by atoms with Crippen molar-refractivity contribution in [3.8, 4) is 96.3 Å². The van der Waals surface area contributed by atoms with Crippen molar-refractivity contribution in [3.63, 3.8) is 0 Å². The molecule has 6 heterocycles. The zero-order valence-electron chi connectivity index (χ0n) is 55.7. The molecule has 0 saturated carbocycles. The Kier molecular flexibility index (Phi) is 14.2. The molecule has 0 amide bonds. The predicted molar refractivity (Wildman–Crippen MR) is 417 cm³/mol. The number of halogens is 1. The Balaban J connectivity index is 0.000000115. The van der Waals surface area contributed by atoms with Gasteiger partial charge in [0, 0.05) is 49.4 Å². The van der Waals surface area contributed by atoms with Crippen molar-refractivity contribution < 1.29 is 9.68 Å². The number of rotatable bonds is 7. The summed E-state index contributed by atoms with van der Waals surface area (Å²) in [5.74, 6) is 3.76. The van der Waals surface area contributed by atoms with Crippen molar-refractivity contribution in [2.75, 3.05) is 0 Å². The highest BCUT2D eigenvalue weighted by Crippen LogP contribution is 2.63. The van der Waals surface area contributed by atoms with Gasteiger partial charge in [-0.25, -0.2) is 19.9 Å². The molecule has 22 rings (SSSR count). The maximum atomic E-state index is 9.38. The molecule has 4 aromatic heterocycles. The fourth-order valence-corrected chi connectivity index (χ4v) is 17.3. The highest BCUT2D eigenvalue weighted by molar-refractivity contribution is 6.28. The SMILES string of the molecule is Clc1nc(-c2ccccc2)nc(-c2ccccc2)n1.O[B]Oc1ccc2c(c1)C1(c3ccccc3-2)c2ccccc2-n2c3ccccc3c3cccc1c32.c1ccc(-c2nc(-c3ccccc3)nc(-c3ccc4c(c3)C3(c5ccccc5-4)c4ccccc4-n4c5ccccc5c5cccc3c54)n2)cc1. The number of nitrogens with zero attached hydrogens (tertiary/aromatic N) is 8. The van der Waals surface area contributed by atoms with Gasteiger partial charge in [0.05, 0.1) is 44.3 Å². The van der Waals surface area contributed by atoms with Crippen LogP contribution in [0.15, 0.2) is 340 Å². The maximum absolute atomic E-state index is 9.38. The summed E-state index contributed by atoms with van der Waals surface area (Å²) in [6.07, 6.45) is 0. The van der Waals surface area contributed by atoms with E-state index in [1.54, 1.807) is 0 Å². The number of hydrogen-bond acceptors (Lipinski definition) is 8. The minimum Gasteiger partial charge on any atom is -0.537 e. The Morgan fingerprint density at radius 3 is 1.07 bits per heavy atom. The smallest absolute Gasteiger partial charge is 0.537 e. The fourth-order valence-electron chi connectivity index (χ4n) is 17.1. The number of fused-ring (bicyclic) bond motifs is 24. The van der Waals surface area contributed by atoms with Crippen molar-refractivity contribution in [1.82, 2.24) is 39.0 Å². The van der Waals surface area contributed by atoms with Crippen LogP contribution in [0.3, 0.4) is 0 Å². The lowest BCUT2D eigenvalue weighted by Crippen LogP contribution is -2.33. The van der Waals surface area contributed by atoms with E-state index in [1.807, 2.05) is 103 Å². The zero-order valence-corrected chi connectivity index (χ0v) is 56.5. The second-order valence-corrected chi connectivity index (χ2v) is 26.8. The summed E-state index contributed by atoms with van der Waals surface area (Å²) in [6, 6.07) is 119. The van der Waals surface area contributed by atoms with Crippen LogP contribution in [0.1, 0.15) is 44.5 Å². The normalized spacial score (nSPS) is 14.9. The molecule has 10 nitrogen and oxygen atoms in total. The van der Waals surface area contributed by atoms with Crippen molar-refractivity contribution in [1.29, 1.82) is 0 Å². The van der Waals surface area contributed by atoms with E-state index in [9.17, 15) is 5.02 Å². The first-order valence-electron chi connectivity index (χ1n) is 34.7. The summed E-state index contributed by atoms with van der Waals surface area (Å²) in [4.78, 5) is 28.0. The molecule has 487 valence electrons.